The number of hydrogen-bond donors (Lipinski definition) is 2. The Morgan fingerprint density at radius 3 is 2.70 bits per heavy atom. The molecule has 3 atom stereocenters. The molecule has 1 aliphatic carbocycles. The first-order valence-corrected chi connectivity index (χ1v) is 7.72. The zero-order chi connectivity index (χ0) is 14.4. The molecule has 0 bridgehead atoms. The highest BCUT2D eigenvalue weighted by Crippen LogP contribution is 2.30. The minimum absolute atomic E-state index is 0.107. The number of carbonyl (C=O) groups excluding carboxylic acids is 1. The molecule has 20 heavy (non-hydrogen) atoms. The van der Waals surface area contributed by atoms with Gasteiger partial charge in [-0.2, -0.15) is 0 Å². The van der Waals surface area contributed by atoms with E-state index in [1.54, 1.807) is 0 Å². The van der Waals surface area contributed by atoms with E-state index in [1.807, 2.05) is 18.2 Å². The van der Waals surface area contributed by atoms with Crippen molar-refractivity contribution in [3.63, 3.8) is 0 Å². The number of nitrogens with one attached hydrogen (secondary N) is 1. The normalized spacial score (nSPS) is 23.5. The maximum atomic E-state index is 12.3. The minimum atomic E-state index is -0.117. The van der Waals surface area contributed by atoms with Gasteiger partial charge >= 0.3 is 0 Å². The molecular weight excluding hydrogens is 248 g/mol. The fraction of sp³-hybridized carbons (Fsp3) is 0.588. The van der Waals surface area contributed by atoms with Gasteiger partial charge in [-0.05, 0) is 30.2 Å². The Morgan fingerprint density at radius 2 is 2.10 bits per heavy atom. The molecule has 0 spiro atoms. The van der Waals surface area contributed by atoms with E-state index >= 15 is 0 Å². The summed E-state index contributed by atoms with van der Waals surface area (Å²) in [5.41, 5.74) is 6.95. The molecule has 0 radical (unpaired) electrons. The van der Waals surface area contributed by atoms with Gasteiger partial charge in [0.15, 0.2) is 0 Å². The highest BCUT2D eigenvalue weighted by Gasteiger charge is 2.25. The van der Waals surface area contributed by atoms with Crippen LogP contribution in [0.3, 0.4) is 0 Å². The molecule has 3 nitrogen and oxygen atoms in total. The van der Waals surface area contributed by atoms with Crippen molar-refractivity contribution < 1.29 is 4.79 Å². The molecular formula is C17H26N2O. The van der Waals surface area contributed by atoms with Crippen molar-refractivity contribution in [3.05, 3.63) is 35.9 Å². The van der Waals surface area contributed by atoms with Gasteiger partial charge in [0.25, 0.3) is 0 Å². The van der Waals surface area contributed by atoms with Crippen molar-refractivity contribution in [1.82, 2.24) is 5.32 Å². The molecule has 3 heteroatoms. The third kappa shape index (κ3) is 4.07. The molecule has 0 aliphatic heterocycles. The van der Waals surface area contributed by atoms with E-state index in [0.29, 0.717) is 12.5 Å². The maximum Gasteiger partial charge on any atom is 0.224 e. The molecule has 1 aromatic rings. The first-order chi connectivity index (χ1) is 9.70. The molecule has 1 amide bonds. The molecule has 110 valence electrons. The summed E-state index contributed by atoms with van der Waals surface area (Å²) < 4.78 is 0. The van der Waals surface area contributed by atoms with Crippen LogP contribution in [0.25, 0.3) is 0 Å². The van der Waals surface area contributed by atoms with Gasteiger partial charge in [-0.25, -0.2) is 0 Å². The molecule has 0 saturated heterocycles. The van der Waals surface area contributed by atoms with Crippen molar-refractivity contribution in [2.24, 2.45) is 23.5 Å². The first-order valence-electron chi connectivity index (χ1n) is 7.72. The van der Waals surface area contributed by atoms with E-state index in [2.05, 4.69) is 24.4 Å². The second kappa shape index (κ2) is 7.44. The van der Waals surface area contributed by atoms with Crippen molar-refractivity contribution >= 4 is 5.91 Å². The Morgan fingerprint density at radius 1 is 1.35 bits per heavy atom. The summed E-state index contributed by atoms with van der Waals surface area (Å²) in [6, 6.07) is 10.1. The molecule has 1 aliphatic rings. The van der Waals surface area contributed by atoms with E-state index in [9.17, 15) is 4.79 Å². The Labute approximate surface area is 121 Å². The maximum absolute atomic E-state index is 12.3. The number of hydrogen-bond acceptors (Lipinski definition) is 2. The van der Waals surface area contributed by atoms with E-state index in [1.165, 1.54) is 24.8 Å². The summed E-state index contributed by atoms with van der Waals surface area (Å²) >= 11 is 0. The topological polar surface area (TPSA) is 55.1 Å². The van der Waals surface area contributed by atoms with Crippen LogP contribution in [0.2, 0.25) is 0 Å². The van der Waals surface area contributed by atoms with E-state index in [0.717, 1.165) is 18.9 Å². The third-order valence-corrected chi connectivity index (χ3v) is 4.56. The SMILES string of the molecule is CC1CCCC1CNC(=O)C(CN)Cc1ccccc1. The van der Waals surface area contributed by atoms with Crippen molar-refractivity contribution in [2.75, 3.05) is 13.1 Å². The lowest BCUT2D eigenvalue weighted by Crippen LogP contribution is -2.39. The lowest BCUT2D eigenvalue weighted by atomic mass is 9.96. The van der Waals surface area contributed by atoms with Crippen LogP contribution in [0, 0.1) is 17.8 Å². The van der Waals surface area contributed by atoms with Crippen LogP contribution in [0.1, 0.15) is 31.7 Å². The molecule has 0 heterocycles. The quantitative estimate of drug-likeness (QED) is 0.836. The van der Waals surface area contributed by atoms with Gasteiger partial charge in [-0.3, -0.25) is 4.79 Å². The van der Waals surface area contributed by atoms with Crippen LogP contribution in [-0.4, -0.2) is 19.0 Å². The average molecular weight is 274 g/mol. The monoisotopic (exact) mass is 274 g/mol. The number of benzene rings is 1. The van der Waals surface area contributed by atoms with Crippen molar-refractivity contribution in [2.45, 2.75) is 32.6 Å². The zero-order valence-electron chi connectivity index (χ0n) is 12.3. The molecule has 1 saturated carbocycles. The third-order valence-electron chi connectivity index (χ3n) is 4.56. The van der Waals surface area contributed by atoms with Crippen LogP contribution in [0.4, 0.5) is 0 Å². The van der Waals surface area contributed by atoms with Crippen LogP contribution in [-0.2, 0) is 11.2 Å². The second-order valence-corrected chi connectivity index (χ2v) is 6.04. The lowest BCUT2D eigenvalue weighted by molar-refractivity contribution is -0.124. The first kappa shape index (κ1) is 15.0. The zero-order valence-corrected chi connectivity index (χ0v) is 12.3. The lowest BCUT2D eigenvalue weighted by Gasteiger charge is -2.19. The van der Waals surface area contributed by atoms with E-state index in [-0.39, 0.29) is 11.8 Å². The number of nitrogens with two attached hydrogens (primary N) is 1. The smallest absolute Gasteiger partial charge is 0.224 e. The predicted molar refractivity (Wildman–Crippen MR) is 82.2 cm³/mol. The van der Waals surface area contributed by atoms with Crippen molar-refractivity contribution in [3.8, 4) is 0 Å². The number of amides is 1. The minimum Gasteiger partial charge on any atom is -0.356 e. The van der Waals surface area contributed by atoms with Gasteiger partial charge in [-0.1, -0.05) is 50.1 Å². The largest absolute Gasteiger partial charge is 0.356 e. The summed E-state index contributed by atoms with van der Waals surface area (Å²) in [7, 11) is 0. The Hall–Kier alpha value is -1.35. The number of rotatable bonds is 6. The van der Waals surface area contributed by atoms with Gasteiger partial charge in [0.1, 0.15) is 0 Å². The fourth-order valence-electron chi connectivity index (χ4n) is 3.08. The Kier molecular flexibility index (Phi) is 5.60. The number of carbonyl (C=O) groups is 1. The molecule has 1 fully saturated rings. The fourth-order valence-corrected chi connectivity index (χ4v) is 3.08. The Balaban J connectivity index is 1.82. The van der Waals surface area contributed by atoms with Gasteiger partial charge in [0.2, 0.25) is 5.91 Å². The summed E-state index contributed by atoms with van der Waals surface area (Å²) in [6.45, 7) is 3.50. The summed E-state index contributed by atoms with van der Waals surface area (Å²) in [5.74, 6) is 1.37. The summed E-state index contributed by atoms with van der Waals surface area (Å²) in [5, 5.41) is 3.11. The summed E-state index contributed by atoms with van der Waals surface area (Å²) in [6.07, 6.45) is 4.56. The molecule has 0 aromatic heterocycles. The van der Waals surface area contributed by atoms with Gasteiger partial charge in [0.05, 0.1) is 5.92 Å². The summed E-state index contributed by atoms with van der Waals surface area (Å²) in [4.78, 5) is 12.3. The van der Waals surface area contributed by atoms with Crippen LogP contribution >= 0.6 is 0 Å². The van der Waals surface area contributed by atoms with Gasteiger partial charge in [0, 0.05) is 13.1 Å². The Bertz CT molecular complexity index is 418. The molecule has 3 unspecified atom stereocenters. The highest BCUT2D eigenvalue weighted by atomic mass is 16.1. The van der Waals surface area contributed by atoms with Crippen LogP contribution in [0.5, 0.6) is 0 Å². The predicted octanol–water partition coefficient (Wildman–Crippen LogP) is 2.36. The highest BCUT2D eigenvalue weighted by molar-refractivity contribution is 5.79. The van der Waals surface area contributed by atoms with Gasteiger partial charge in [-0.15, -0.1) is 0 Å². The average Bonchev–Trinajstić information content (AvgIpc) is 2.88. The van der Waals surface area contributed by atoms with Crippen molar-refractivity contribution in [1.29, 1.82) is 0 Å². The van der Waals surface area contributed by atoms with E-state index < -0.39 is 0 Å². The molecule has 3 N–H and O–H groups in total. The van der Waals surface area contributed by atoms with Crippen LogP contribution < -0.4 is 11.1 Å². The molecule has 2 rings (SSSR count). The van der Waals surface area contributed by atoms with Gasteiger partial charge < -0.3 is 11.1 Å². The second-order valence-electron chi connectivity index (χ2n) is 6.04. The van der Waals surface area contributed by atoms with Crippen LogP contribution in [0.15, 0.2) is 30.3 Å². The standard InChI is InChI=1S/C17H26N2O/c1-13-6-5-9-15(13)12-19-17(20)16(11-18)10-14-7-3-2-4-8-14/h2-4,7-8,13,15-16H,5-6,9-12,18H2,1H3,(H,19,20). The van der Waals surface area contributed by atoms with E-state index in [4.69, 9.17) is 5.73 Å². The molecule has 1 aromatic carbocycles.